The second-order valence-corrected chi connectivity index (χ2v) is 5.71. The molecule has 0 saturated carbocycles. The molecule has 0 aliphatic rings. The number of nitrogens with zero attached hydrogens (tertiary/aromatic N) is 1. The first kappa shape index (κ1) is 15.2. The number of hydrogen-bond donors (Lipinski definition) is 1. The Hall–Kier alpha value is -1.22. The molecule has 20 heavy (non-hydrogen) atoms. The van der Waals surface area contributed by atoms with Crippen LogP contribution in [0, 0.1) is 0 Å². The summed E-state index contributed by atoms with van der Waals surface area (Å²) in [5, 5.41) is 10.9. The lowest BCUT2D eigenvalue weighted by Gasteiger charge is -2.21. The van der Waals surface area contributed by atoms with Crippen LogP contribution >= 0.6 is 23.2 Å². The van der Waals surface area contributed by atoms with E-state index >= 15 is 0 Å². The minimum atomic E-state index is -0.511. The highest BCUT2D eigenvalue weighted by molar-refractivity contribution is 6.33. The number of anilines is 1. The largest absolute Gasteiger partial charge is 0.389 e. The van der Waals surface area contributed by atoms with Crippen LogP contribution in [0.4, 0.5) is 5.69 Å². The average molecular weight is 310 g/mol. The van der Waals surface area contributed by atoms with Crippen molar-refractivity contribution in [1.82, 2.24) is 0 Å². The number of rotatable bonds is 4. The summed E-state index contributed by atoms with van der Waals surface area (Å²) in [5.41, 5.74) is 2.91. The van der Waals surface area contributed by atoms with E-state index in [1.165, 1.54) is 0 Å². The predicted octanol–water partition coefficient (Wildman–Crippen LogP) is 4.68. The number of hydrogen-bond acceptors (Lipinski definition) is 2. The number of halogens is 2. The van der Waals surface area contributed by atoms with Crippen molar-refractivity contribution >= 4 is 28.9 Å². The Bertz CT molecular complexity index is 582. The van der Waals surface area contributed by atoms with E-state index in [-0.39, 0.29) is 0 Å². The van der Waals surface area contributed by atoms with E-state index in [2.05, 4.69) is 4.90 Å². The molecule has 0 spiro atoms. The smallest absolute Gasteiger partial charge is 0.0762 e. The molecule has 2 aromatic carbocycles. The molecule has 0 amide bonds. The van der Waals surface area contributed by atoms with E-state index in [0.717, 1.165) is 28.4 Å². The number of aliphatic hydroxyl groups is 1. The molecule has 106 valence electrons. The molecule has 1 atom stereocenters. The number of aliphatic hydroxyl groups excluding tert-OH is 1. The highest BCUT2D eigenvalue weighted by Crippen LogP contribution is 2.29. The molecule has 2 nitrogen and oxygen atoms in total. The summed E-state index contributed by atoms with van der Waals surface area (Å²) in [6.07, 6.45) is -0.511. The minimum Gasteiger partial charge on any atom is -0.389 e. The van der Waals surface area contributed by atoms with E-state index in [0.29, 0.717) is 5.02 Å². The van der Waals surface area contributed by atoms with Crippen LogP contribution in [0.25, 0.3) is 0 Å². The molecule has 1 N–H and O–H groups in total. The van der Waals surface area contributed by atoms with Gasteiger partial charge in [0.25, 0.3) is 0 Å². The molecule has 0 aromatic heterocycles. The molecule has 0 aliphatic carbocycles. The minimum absolute atomic E-state index is 0.511. The fourth-order valence-corrected chi connectivity index (χ4v) is 2.50. The normalized spacial score (nSPS) is 12.2. The quantitative estimate of drug-likeness (QED) is 0.886. The standard InChI is InChI=1S/C16H17Cl2NO/c1-11(20)13-5-8-16(15(18)9-13)19(2)10-12-3-6-14(17)7-4-12/h3-9,11,20H,10H2,1-2H3. The van der Waals surface area contributed by atoms with Gasteiger partial charge in [0, 0.05) is 18.6 Å². The van der Waals surface area contributed by atoms with Crippen molar-refractivity contribution in [1.29, 1.82) is 0 Å². The summed E-state index contributed by atoms with van der Waals surface area (Å²) in [4.78, 5) is 2.07. The Balaban J connectivity index is 2.16. The molecule has 4 heteroatoms. The molecule has 0 radical (unpaired) electrons. The molecule has 2 rings (SSSR count). The lowest BCUT2D eigenvalue weighted by atomic mass is 10.1. The van der Waals surface area contributed by atoms with Crippen LogP contribution in [0.15, 0.2) is 42.5 Å². The molecule has 1 unspecified atom stereocenters. The first-order chi connectivity index (χ1) is 9.47. The van der Waals surface area contributed by atoms with Crippen molar-refractivity contribution in [3.05, 3.63) is 63.6 Å². The van der Waals surface area contributed by atoms with E-state index in [9.17, 15) is 5.11 Å². The van der Waals surface area contributed by atoms with Crippen LogP contribution in [0.5, 0.6) is 0 Å². The Labute approximate surface area is 129 Å². The van der Waals surface area contributed by atoms with Gasteiger partial charge in [-0.25, -0.2) is 0 Å². The summed E-state index contributed by atoms with van der Waals surface area (Å²) in [6.45, 7) is 2.47. The van der Waals surface area contributed by atoms with E-state index in [4.69, 9.17) is 23.2 Å². The SMILES string of the molecule is CC(O)c1ccc(N(C)Cc2ccc(Cl)cc2)c(Cl)c1. The highest BCUT2D eigenvalue weighted by Gasteiger charge is 2.09. The average Bonchev–Trinajstić information content (AvgIpc) is 2.41. The van der Waals surface area contributed by atoms with Gasteiger partial charge in [0.2, 0.25) is 0 Å². The summed E-state index contributed by atoms with van der Waals surface area (Å²) in [6, 6.07) is 13.4. The van der Waals surface area contributed by atoms with Crippen molar-refractivity contribution in [2.24, 2.45) is 0 Å². The van der Waals surface area contributed by atoms with Gasteiger partial charge in [-0.2, -0.15) is 0 Å². The second-order valence-electron chi connectivity index (χ2n) is 4.87. The van der Waals surface area contributed by atoms with Crippen LogP contribution in [-0.4, -0.2) is 12.2 Å². The van der Waals surface area contributed by atoms with Crippen LogP contribution in [-0.2, 0) is 6.54 Å². The van der Waals surface area contributed by atoms with Gasteiger partial charge in [-0.05, 0) is 42.3 Å². The predicted molar refractivity (Wildman–Crippen MR) is 85.6 cm³/mol. The van der Waals surface area contributed by atoms with Gasteiger partial charge < -0.3 is 10.0 Å². The van der Waals surface area contributed by atoms with Crippen molar-refractivity contribution in [3.63, 3.8) is 0 Å². The van der Waals surface area contributed by atoms with Gasteiger partial charge in [-0.3, -0.25) is 0 Å². The molecule has 0 heterocycles. The molecule has 0 saturated heterocycles. The van der Waals surface area contributed by atoms with Gasteiger partial charge >= 0.3 is 0 Å². The van der Waals surface area contributed by atoms with Crippen molar-refractivity contribution in [2.45, 2.75) is 19.6 Å². The van der Waals surface area contributed by atoms with E-state index in [1.54, 1.807) is 13.0 Å². The third-order valence-electron chi connectivity index (χ3n) is 3.20. The maximum atomic E-state index is 9.55. The Morgan fingerprint density at radius 1 is 1.10 bits per heavy atom. The Kier molecular flexibility index (Phi) is 4.92. The van der Waals surface area contributed by atoms with Gasteiger partial charge in [0.1, 0.15) is 0 Å². The zero-order chi connectivity index (χ0) is 14.7. The summed E-state index contributed by atoms with van der Waals surface area (Å²) < 4.78 is 0. The van der Waals surface area contributed by atoms with Crippen LogP contribution in [0.1, 0.15) is 24.2 Å². The summed E-state index contributed by atoms with van der Waals surface area (Å²) in [7, 11) is 1.98. The lowest BCUT2D eigenvalue weighted by molar-refractivity contribution is 0.199. The van der Waals surface area contributed by atoms with Crippen LogP contribution < -0.4 is 4.90 Å². The summed E-state index contributed by atoms with van der Waals surface area (Å²) in [5.74, 6) is 0. The van der Waals surface area contributed by atoms with Gasteiger partial charge in [0.05, 0.1) is 16.8 Å². The molecule has 0 fully saturated rings. The zero-order valence-electron chi connectivity index (χ0n) is 11.5. The summed E-state index contributed by atoms with van der Waals surface area (Å²) >= 11 is 12.2. The van der Waals surface area contributed by atoms with Crippen molar-refractivity contribution < 1.29 is 5.11 Å². The van der Waals surface area contributed by atoms with E-state index in [1.807, 2.05) is 43.4 Å². The van der Waals surface area contributed by atoms with E-state index < -0.39 is 6.10 Å². The molecular formula is C16H17Cl2NO. The number of benzene rings is 2. The van der Waals surface area contributed by atoms with Crippen molar-refractivity contribution in [3.8, 4) is 0 Å². The van der Waals surface area contributed by atoms with Crippen molar-refractivity contribution in [2.75, 3.05) is 11.9 Å². The first-order valence-corrected chi connectivity index (χ1v) is 7.16. The zero-order valence-corrected chi connectivity index (χ0v) is 13.0. The van der Waals surface area contributed by atoms with Crippen LogP contribution in [0.3, 0.4) is 0 Å². The third kappa shape index (κ3) is 3.66. The molecule has 2 aromatic rings. The fourth-order valence-electron chi connectivity index (χ4n) is 2.04. The molecule has 0 bridgehead atoms. The Morgan fingerprint density at radius 3 is 2.30 bits per heavy atom. The maximum absolute atomic E-state index is 9.55. The third-order valence-corrected chi connectivity index (χ3v) is 3.75. The van der Waals surface area contributed by atoms with Gasteiger partial charge in [-0.1, -0.05) is 41.4 Å². The topological polar surface area (TPSA) is 23.5 Å². The van der Waals surface area contributed by atoms with Gasteiger partial charge in [0.15, 0.2) is 0 Å². The first-order valence-electron chi connectivity index (χ1n) is 6.40. The Morgan fingerprint density at radius 2 is 1.75 bits per heavy atom. The van der Waals surface area contributed by atoms with Gasteiger partial charge in [-0.15, -0.1) is 0 Å². The molecular weight excluding hydrogens is 293 g/mol. The lowest BCUT2D eigenvalue weighted by Crippen LogP contribution is -2.16. The van der Waals surface area contributed by atoms with Crippen LogP contribution in [0.2, 0.25) is 10.0 Å². The highest BCUT2D eigenvalue weighted by atomic mass is 35.5. The maximum Gasteiger partial charge on any atom is 0.0762 e. The molecule has 0 aliphatic heterocycles. The monoisotopic (exact) mass is 309 g/mol. The second kappa shape index (κ2) is 6.49. The fraction of sp³-hybridized carbons (Fsp3) is 0.250.